The molecule has 6 nitrogen and oxygen atoms in total. The van der Waals surface area contributed by atoms with Crippen molar-refractivity contribution in [1.29, 1.82) is 0 Å². The van der Waals surface area contributed by atoms with Crippen molar-refractivity contribution >= 4 is 11.9 Å². The highest BCUT2D eigenvalue weighted by Gasteiger charge is 2.71. The first-order chi connectivity index (χ1) is 10.9. The molecule has 128 valence electrons. The minimum atomic E-state index is -0.919. The summed E-state index contributed by atoms with van der Waals surface area (Å²) in [6.45, 7) is 1.84. The van der Waals surface area contributed by atoms with Crippen LogP contribution in [0.25, 0.3) is 0 Å². The van der Waals surface area contributed by atoms with Crippen LogP contribution < -0.4 is 0 Å². The van der Waals surface area contributed by atoms with Gasteiger partial charge in [-0.2, -0.15) is 0 Å². The number of esters is 2. The van der Waals surface area contributed by atoms with Crippen LogP contribution in [-0.2, 0) is 19.1 Å². The summed E-state index contributed by atoms with van der Waals surface area (Å²) in [6.07, 6.45) is 2.48. The van der Waals surface area contributed by atoms with Gasteiger partial charge in [0.25, 0.3) is 0 Å². The Morgan fingerprint density at radius 3 is 2.57 bits per heavy atom. The summed E-state index contributed by atoms with van der Waals surface area (Å²) in [5.74, 6) is -1.46. The van der Waals surface area contributed by atoms with Crippen molar-refractivity contribution < 1.29 is 29.3 Å². The van der Waals surface area contributed by atoms with E-state index in [0.717, 1.165) is 6.42 Å². The summed E-state index contributed by atoms with van der Waals surface area (Å²) in [4.78, 5) is 24.4. The predicted molar refractivity (Wildman–Crippen MR) is 80.1 cm³/mol. The molecule has 3 aliphatic carbocycles. The monoisotopic (exact) mass is 324 g/mol. The van der Waals surface area contributed by atoms with Gasteiger partial charge in [0, 0.05) is 23.0 Å². The van der Waals surface area contributed by atoms with Crippen LogP contribution in [0.5, 0.6) is 0 Å². The minimum absolute atomic E-state index is 0.0393. The van der Waals surface area contributed by atoms with Crippen molar-refractivity contribution in [1.82, 2.24) is 0 Å². The zero-order chi connectivity index (χ0) is 17.0. The average molecular weight is 324 g/mol. The standard InChI is InChI=1S/C17H24O6/c1-16(8-18)11-7-17(13(19)6-9(11)14(20)22-2)10(15(21)23-3)4-5-12(16)17/h6,10-13,18-19H,4-5,7-8H2,1-3H3/t10-,11-,12-,13-,16+,17+/m0/s1. The van der Waals surface area contributed by atoms with Gasteiger partial charge in [-0.1, -0.05) is 6.92 Å². The van der Waals surface area contributed by atoms with Crippen molar-refractivity contribution in [3.8, 4) is 0 Å². The smallest absolute Gasteiger partial charge is 0.333 e. The molecule has 3 aliphatic rings. The van der Waals surface area contributed by atoms with Gasteiger partial charge in [0.15, 0.2) is 0 Å². The molecule has 23 heavy (non-hydrogen) atoms. The van der Waals surface area contributed by atoms with E-state index in [4.69, 9.17) is 9.47 Å². The van der Waals surface area contributed by atoms with Crippen molar-refractivity contribution in [2.45, 2.75) is 32.3 Å². The first-order valence-electron chi connectivity index (χ1n) is 8.03. The summed E-state index contributed by atoms with van der Waals surface area (Å²) >= 11 is 0. The second kappa shape index (κ2) is 5.31. The fourth-order valence-electron chi connectivity index (χ4n) is 5.64. The van der Waals surface area contributed by atoms with Crippen LogP contribution in [0.4, 0.5) is 0 Å². The molecule has 2 N–H and O–H groups in total. The van der Waals surface area contributed by atoms with Gasteiger partial charge >= 0.3 is 11.9 Å². The Labute approximate surface area is 135 Å². The highest BCUT2D eigenvalue weighted by molar-refractivity contribution is 5.90. The maximum absolute atomic E-state index is 12.3. The molecule has 0 saturated heterocycles. The normalized spacial score (nSPS) is 44.5. The summed E-state index contributed by atoms with van der Waals surface area (Å²) in [7, 11) is 2.66. The maximum atomic E-state index is 12.3. The lowest BCUT2D eigenvalue weighted by Gasteiger charge is -2.40. The zero-order valence-corrected chi connectivity index (χ0v) is 13.7. The Kier molecular flexibility index (Phi) is 3.80. The van der Waals surface area contributed by atoms with Gasteiger partial charge in [0.05, 0.1) is 26.2 Å². The molecule has 0 aromatic heterocycles. The summed E-state index contributed by atoms with van der Waals surface area (Å²) in [5, 5.41) is 20.9. The number of fused-ring (bicyclic) bond motifs is 1. The lowest BCUT2D eigenvalue weighted by Crippen LogP contribution is -2.46. The van der Waals surface area contributed by atoms with E-state index in [1.54, 1.807) is 0 Å². The molecule has 0 unspecified atom stereocenters. The third kappa shape index (κ3) is 1.88. The number of hydrogen-bond acceptors (Lipinski definition) is 6. The summed E-state index contributed by atoms with van der Waals surface area (Å²) < 4.78 is 9.80. The fourth-order valence-corrected chi connectivity index (χ4v) is 5.64. The van der Waals surface area contributed by atoms with Gasteiger partial charge in [-0.3, -0.25) is 4.79 Å². The predicted octanol–water partition coefficient (Wildman–Crippen LogP) is 0.664. The molecule has 0 heterocycles. The molecule has 2 saturated carbocycles. The van der Waals surface area contributed by atoms with Gasteiger partial charge in [0.2, 0.25) is 0 Å². The lowest BCUT2D eigenvalue weighted by atomic mass is 9.65. The molecule has 1 spiro atoms. The van der Waals surface area contributed by atoms with Crippen molar-refractivity contribution in [2.75, 3.05) is 20.8 Å². The van der Waals surface area contributed by atoms with Crippen LogP contribution in [0.15, 0.2) is 11.6 Å². The van der Waals surface area contributed by atoms with Crippen LogP contribution in [0, 0.1) is 28.6 Å². The van der Waals surface area contributed by atoms with Gasteiger partial charge in [0.1, 0.15) is 0 Å². The SMILES string of the molecule is COC(=O)C1=C[C@H](O)[C@@]23C[C@@H]1[C@@](C)(CO)[C@@H]2CC[C@H]3C(=O)OC. The van der Waals surface area contributed by atoms with E-state index in [1.165, 1.54) is 20.3 Å². The molecule has 3 rings (SSSR count). The van der Waals surface area contributed by atoms with E-state index in [9.17, 15) is 19.8 Å². The first-order valence-corrected chi connectivity index (χ1v) is 8.03. The van der Waals surface area contributed by atoms with Crippen molar-refractivity contribution in [3.63, 3.8) is 0 Å². The second-order valence-corrected chi connectivity index (χ2v) is 7.30. The van der Waals surface area contributed by atoms with E-state index in [2.05, 4.69) is 0 Å². The Hall–Kier alpha value is -1.40. The average Bonchev–Trinajstić information content (AvgIpc) is 3.04. The number of aliphatic hydroxyl groups excluding tert-OH is 2. The van der Waals surface area contributed by atoms with E-state index < -0.39 is 28.8 Å². The van der Waals surface area contributed by atoms with Crippen molar-refractivity contribution in [2.24, 2.45) is 28.6 Å². The van der Waals surface area contributed by atoms with Crippen molar-refractivity contribution in [3.05, 3.63) is 11.6 Å². The molecule has 6 atom stereocenters. The molecule has 0 radical (unpaired) electrons. The number of aliphatic hydroxyl groups is 2. The van der Waals surface area contributed by atoms with Gasteiger partial charge in [-0.15, -0.1) is 0 Å². The maximum Gasteiger partial charge on any atom is 0.333 e. The highest BCUT2D eigenvalue weighted by Crippen LogP contribution is 2.71. The number of rotatable bonds is 3. The number of carbonyl (C=O) groups is 2. The topological polar surface area (TPSA) is 93.1 Å². The highest BCUT2D eigenvalue weighted by atomic mass is 16.5. The van der Waals surface area contributed by atoms with Crippen LogP contribution in [0.2, 0.25) is 0 Å². The molecule has 0 amide bonds. The number of hydrogen-bond donors (Lipinski definition) is 2. The fraction of sp³-hybridized carbons (Fsp3) is 0.765. The molecule has 0 aromatic rings. The Morgan fingerprint density at radius 2 is 2.00 bits per heavy atom. The van der Waals surface area contributed by atoms with E-state index in [0.29, 0.717) is 18.4 Å². The molecule has 6 heteroatoms. The number of methoxy groups -OCH3 is 2. The molecular formula is C17H24O6. The van der Waals surface area contributed by atoms with Crippen LogP contribution >= 0.6 is 0 Å². The molecule has 2 fully saturated rings. The Bertz CT molecular complexity index is 569. The number of ether oxygens (including phenoxy) is 2. The summed E-state index contributed by atoms with van der Waals surface area (Å²) in [6, 6.07) is 0. The van der Waals surface area contributed by atoms with Crippen LogP contribution in [-0.4, -0.2) is 49.1 Å². The van der Waals surface area contributed by atoms with E-state index >= 15 is 0 Å². The van der Waals surface area contributed by atoms with E-state index in [-0.39, 0.29) is 24.4 Å². The molecule has 2 bridgehead atoms. The third-order valence-corrected chi connectivity index (χ3v) is 6.70. The molecular weight excluding hydrogens is 300 g/mol. The largest absolute Gasteiger partial charge is 0.469 e. The third-order valence-electron chi connectivity index (χ3n) is 6.70. The molecule has 0 aliphatic heterocycles. The van der Waals surface area contributed by atoms with Crippen LogP contribution in [0.1, 0.15) is 26.2 Å². The van der Waals surface area contributed by atoms with E-state index in [1.807, 2.05) is 6.92 Å². The molecule has 0 aromatic carbocycles. The van der Waals surface area contributed by atoms with Gasteiger partial charge in [-0.25, -0.2) is 4.79 Å². The van der Waals surface area contributed by atoms with Crippen LogP contribution in [0.3, 0.4) is 0 Å². The number of carbonyl (C=O) groups excluding carboxylic acids is 2. The Balaban J connectivity index is 2.13. The van der Waals surface area contributed by atoms with Gasteiger partial charge in [-0.05, 0) is 37.2 Å². The Morgan fingerprint density at radius 1 is 1.30 bits per heavy atom. The van der Waals surface area contributed by atoms with Gasteiger partial charge < -0.3 is 19.7 Å². The second-order valence-electron chi connectivity index (χ2n) is 7.30. The lowest BCUT2D eigenvalue weighted by molar-refractivity contribution is -0.153. The summed E-state index contributed by atoms with van der Waals surface area (Å²) in [5.41, 5.74) is -0.798. The zero-order valence-electron chi connectivity index (χ0n) is 13.7. The first kappa shape index (κ1) is 16.5. The quantitative estimate of drug-likeness (QED) is 0.741. The minimum Gasteiger partial charge on any atom is -0.469 e.